The monoisotopic (exact) mass is 331 g/mol. The van der Waals surface area contributed by atoms with Crippen LogP contribution in [0.4, 0.5) is 5.69 Å². The minimum absolute atomic E-state index is 0.0381. The number of amides is 1. The Labute approximate surface area is 140 Å². The number of hydrogen-bond donors (Lipinski definition) is 0. The fourth-order valence-corrected chi connectivity index (χ4v) is 3.07. The van der Waals surface area contributed by atoms with Gasteiger partial charge in [0.25, 0.3) is 5.91 Å². The van der Waals surface area contributed by atoms with Crippen molar-refractivity contribution >= 4 is 23.2 Å². The molecule has 1 amide bonds. The van der Waals surface area contributed by atoms with Crippen LogP contribution in [0.3, 0.4) is 0 Å². The smallest absolute Gasteiger partial charge is 0.254 e. The lowest BCUT2D eigenvalue weighted by Gasteiger charge is -2.41. The van der Waals surface area contributed by atoms with Crippen molar-refractivity contribution in [2.24, 2.45) is 0 Å². The number of benzene rings is 1. The molecule has 2 heterocycles. The van der Waals surface area contributed by atoms with Crippen molar-refractivity contribution in [3.05, 3.63) is 64.6 Å². The second-order valence-electron chi connectivity index (χ2n) is 5.72. The molecule has 3 rings (SSSR count). The third-order valence-corrected chi connectivity index (χ3v) is 4.35. The third-order valence-electron chi connectivity index (χ3n) is 4.11. The van der Waals surface area contributed by atoms with Crippen molar-refractivity contribution in [2.75, 3.05) is 24.5 Å². The summed E-state index contributed by atoms with van der Waals surface area (Å²) >= 11 is 6.05. The molecule has 6 heteroatoms. The van der Waals surface area contributed by atoms with Gasteiger partial charge >= 0.3 is 0 Å². The number of pyridine rings is 1. The predicted octanol–water partition coefficient (Wildman–Crippen LogP) is 2.32. The Bertz CT molecular complexity index is 705. The molecule has 1 aliphatic rings. The minimum Gasteiger partial charge on any atom is -0.619 e. The van der Waals surface area contributed by atoms with Crippen LogP contribution in [0.2, 0.25) is 5.02 Å². The zero-order chi connectivity index (χ0) is 16.4. The third kappa shape index (κ3) is 3.40. The van der Waals surface area contributed by atoms with Crippen LogP contribution in [-0.4, -0.2) is 36.5 Å². The molecule has 2 aromatic rings. The summed E-state index contributed by atoms with van der Waals surface area (Å²) in [7, 11) is 0. The van der Waals surface area contributed by atoms with E-state index < -0.39 is 0 Å². The van der Waals surface area contributed by atoms with Gasteiger partial charge in [-0.1, -0.05) is 17.7 Å². The Morgan fingerprint density at radius 2 is 2.00 bits per heavy atom. The summed E-state index contributed by atoms with van der Waals surface area (Å²) in [5.74, 6) is -0.0381. The van der Waals surface area contributed by atoms with Gasteiger partial charge in [0, 0.05) is 48.5 Å². The van der Waals surface area contributed by atoms with Crippen LogP contribution in [0.1, 0.15) is 17.3 Å². The summed E-state index contributed by atoms with van der Waals surface area (Å²) < 4.78 is 0.678. The van der Waals surface area contributed by atoms with E-state index in [-0.39, 0.29) is 11.9 Å². The van der Waals surface area contributed by atoms with Crippen LogP contribution in [0.15, 0.2) is 48.8 Å². The number of anilines is 1. The molecule has 1 saturated heterocycles. The summed E-state index contributed by atoms with van der Waals surface area (Å²) in [5.41, 5.74) is 1.61. The van der Waals surface area contributed by atoms with Gasteiger partial charge in [-0.3, -0.25) is 4.79 Å². The van der Waals surface area contributed by atoms with Crippen LogP contribution in [0.5, 0.6) is 0 Å². The van der Waals surface area contributed by atoms with Crippen LogP contribution in [0.25, 0.3) is 0 Å². The average Bonchev–Trinajstić information content (AvgIpc) is 2.55. The van der Waals surface area contributed by atoms with Crippen molar-refractivity contribution in [1.29, 1.82) is 0 Å². The molecule has 0 radical (unpaired) electrons. The molecular weight excluding hydrogens is 314 g/mol. The fraction of sp³-hybridized carbons (Fsp3) is 0.294. The molecule has 23 heavy (non-hydrogen) atoms. The van der Waals surface area contributed by atoms with Crippen molar-refractivity contribution in [3.8, 4) is 0 Å². The number of rotatable bonds is 2. The standard InChI is InChI=1S/C17H18ClN3O2/c1-13-12-19(16-4-2-3-15(18)11-16)9-10-21(13)17(22)14-5-7-20(23)8-6-14/h2-8,11,13H,9-10,12H2,1H3/t13-/m1/s1. The number of halogens is 1. The van der Waals surface area contributed by atoms with E-state index in [1.165, 1.54) is 12.4 Å². The molecule has 0 spiro atoms. The zero-order valence-corrected chi connectivity index (χ0v) is 13.6. The first-order chi connectivity index (χ1) is 11.0. The van der Waals surface area contributed by atoms with Crippen LogP contribution >= 0.6 is 11.6 Å². The Hall–Kier alpha value is -2.27. The Kier molecular flexibility index (Phi) is 4.39. The van der Waals surface area contributed by atoms with E-state index in [4.69, 9.17) is 11.6 Å². The Morgan fingerprint density at radius 3 is 2.65 bits per heavy atom. The predicted molar refractivity (Wildman–Crippen MR) is 89.6 cm³/mol. The second kappa shape index (κ2) is 6.46. The molecule has 1 aromatic carbocycles. The van der Waals surface area contributed by atoms with E-state index in [0.717, 1.165) is 18.8 Å². The molecule has 1 aliphatic heterocycles. The SMILES string of the molecule is C[C@@H]1CN(c2cccc(Cl)c2)CCN1C(=O)c1cc[n+]([O-])cc1. The van der Waals surface area contributed by atoms with Crippen molar-refractivity contribution in [2.45, 2.75) is 13.0 Å². The van der Waals surface area contributed by atoms with Crippen LogP contribution in [0, 0.1) is 5.21 Å². The Balaban J connectivity index is 1.71. The molecule has 0 unspecified atom stereocenters. The second-order valence-corrected chi connectivity index (χ2v) is 6.16. The number of aromatic nitrogens is 1. The highest BCUT2D eigenvalue weighted by atomic mass is 35.5. The van der Waals surface area contributed by atoms with Gasteiger partial charge in [-0.15, -0.1) is 0 Å². The molecule has 0 aliphatic carbocycles. The molecular formula is C17H18ClN3O2. The summed E-state index contributed by atoms with van der Waals surface area (Å²) in [6.07, 6.45) is 2.69. The molecule has 0 N–H and O–H groups in total. The van der Waals surface area contributed by atoms with Gasteiger partial charge in [-0.2, -0.15) is 4.73 Å². The van der Waals surface area contributed by atoms with Gasteiger partial charge in [0.15, 0.2) is 12.4 Å². The first-order valence-corrected chi connectivity index (χ1v) is 7.93. The summed E-state index contributed by atoms with van der Waals surface area (Å²) in [5, 5.41) is 11.8. The topological polar surface area (TPSA) is 50.5 Å². The normalized spacial score (nSPS) is 18.1. The lowest BCUT2D eigenvalue weighted by Crippen LogP contribution is -2.54. The molecule has 1 fully saturated rings. The van der Waals surface area contributed by atoms with Gasteiger partial charge in [-0.25, -0.2) is 0 Å². The van der Waals surface area contributed by atoms with Crippen LogP contribution < -0.4 is 9.63 Å². The first-order valence-electron chi connectivity index (χ1n) is 7.55. The van der Waals surface area contributed by atoms with E-state index >= 15 is 0 Å². The highest BCUT2D eigenvalue weighted by molar-refractivity contribution is 6.30. The lowest BCUT2D eigenvalue weighted by atomic mass is 10.1. The van der Waals surface area contributed by atoms with Crippen molar-refractivity contribution in [3.63, 3.8) is 0 Å². The quantitative estimate of drug-likeness (QED) is 0.627. The van der Waals surface area contributed by atoms with Gasteiger partial charge in [0.1, 0.15) is 0 Å². The fourth-order valence-electron chi connectivity index (χ4n) is 2.89. The maximum Gasteiger partial charge on any atom is 0.254 e. The number of carbonyl (C=O) groups excluding carboxylic acids is 1. The summed E-state index contributed by atoms with van der Waals surface area (Å²) in [6, 6.07) is 11.0. The summed E-state index contributed by atoms with van der Waals surface area (Å²) in [6.45, 7) is 4.18. The molecule has 1 atom stereocenters. The number of hydrogen-bond acceptors (Lipinski definition) is 3. The summed E-state index contributed by atoms with van der Waals surface area (Å²) in [4.78, 5) is 16.7. The minimum atomic E-state index is -0.0381. The van der Waals surface area contributed by atoms with E-state index in [1.54, 1.807) is 12.1 Å². The van der Waals surface area contributed by atoms with Crippen molar-refractivity contribution in [1.82, 2.24) is 4.90 Å². The largest absolute Gasteiger partial charge is 0.619 e. The molecule has 0 bridgehead atoms. The van der Waals surface area contributed by atoms with Gasteiger partial charge < -0.3 is 15.0 Å². The average molecular weight is 332 g/mol. The number of piperazine rings is 1. The van der Waals surface area contributed by atoms with E-state index in [9.17, 15) is 10.0 Å². The van der Waals surface area contributed by atoms with E-state index in [0.29, 0.717) is 21.9 Å². The number of carbonyl (C=O) groups is 1. The number of nitrogens with zero attached hydrogens (tertiary/aromatic N) is 3. The van der Waals surface area contributed by atoms with E-state index in [2.05, 4.69) is 4.90 Å². The first kappa shape index (κ1) is 15.6. The van der Waals surface area contributed by atoms with E-state index in [1.807, 2.05) is 36.1 Å². The maximum atomic E-state index is 12.6. The van der Waals surface area contributed by atoms with Crippen LogP contribution in [-0.2, 0) is 0 Å². The van der Waals surface area contributed by atoms with Crippen molar-refractivity contribution < 1.29 is 9.52 Å². The Morgan fingerprint density at radius 1 is 1.26 bits per heavy atom. The van der Waals surface area contributed by atoms with Gasteiger partial charge in [0.2, 0.25) is 0 Å². The molecule has 0 saturated carbocycles. The lowest BCUT2D eigenvalue weighted by molar-refractivity contribution is -0.605. The zero-order valence-electron chi connectivity index (χ0n) is 12.9. The van der Waals surface area contributed by atoms with Gasteiger partial charge in [0.05, 0.1) is 5.56 Å². The maximum absolute atomic E-state index is 12.6. The molecule has 5 nitrogen and oxygen atoms in total. The highest BCUT2D eigenvalue weighted by Gasteiger charge is 2.28. The molecule has 1 aromatic heterocycles. The highest BCUT2D eigenvalue weighted by Crippen LogP contribution is 2.23. The molecule has 120 valence electrons. The van der Waals surface area contributed by atoms with Gasteiger partial charge in [-0.05, 0) is 25.1 Å².